The molecule has 32 heavy (non-hydrogen) atoms. The first kappa shape index (κ1) is 23.5. The molecule has 170 valence electrons. The number of benzene rings is 2. The van der Waals surface area contributed by atoms with E-state index in [0.29, 0.717) is 24.4 Å². The largest absolute Gasteiger partial charge is 0.497 e. The van der Waals surface area contributed by atoms with E-state index in [0.717, 1.165) is 5.56 Å². The molecule has 3 amide bonds. The van der Waals surface area contributed by atoms with Crippen LogP contribution < -0.4 is 20.6 Å². The molecule has 3 rings (SSSR count). The minimum Gasteiger partial charge on any atom is -0.497 e. The monoisotopic (exact) mass is 453 g/mol. The van der Waals surface area contributed by atoms with E-state index in [1.807, 2.05) is 12.1 Å². The predicted octanol–water partition coefficient (Wildman–Crippen LogP) is 2.23. The van der Waals surface area contributed by atoms with Gasteiger partial charge in [-0.2, -0.15) is 0 Å². The van der Waals surface area contributed by atoms with Gasteiger partial charge in [0.05, 0.1) is 15.2 Å². The van der Waals surface area contributed by atoms with E-state index in [-0.39, 0.29) is 30.7 Å². The highest BCUT2D eigenvalue weighted by atomic mass is 28.3. The van der Waals surface area contributed by atoms with Gasteiger partial charge in [0.25, 0.3) is 0 Å². The van der Waals surface area contributed by atoms with E-state index >= 15 is 0 Å². The average Bonchev–Trinajstić information content (AvgIpc) is 3.16. The fourth-order valence-electron chi connectivity index (χ4n) is 3.61. The number of rotatable bonds is 9. The number of amides is 3. The Bertz CT molecular complexity index is 968. The predicted molar refractivity (Wildman–Crippen MR) is 127 cm³/mol. The molecule has 0 spiro atoms. The first-order chi connectivity index (χ1) is 15.2. The average molecular weight is 454 g/mol. The van der Waals surface area contributed by atoms with Crippen molar-refractivity contribution >= 4 is 31.0 Å². The van der Waals surface area contributed by atoms with E-state index < -0.39 is 14.1 Å². The molecular weight excluding hydrogens is 422 g/mol. The number of urea groups is 1. The Morgan fingerprint density at radius 3 is 2.28 bits per heavy atom. The van der Waals surface area contributed by atoms with Crippen LogP contribution in [0.3, 0.4) is 0 Å². The minimum absolute atomic E-state index is 0.0866. The van der Waals surface area contributed by atoms with Crippen molar-refractivity contribution < 1.29 is 19.1 Å². The Labute approximate surface area is 190 Å². The highest BCUT2D eigenvalue weighted by molar-refractivity contribution is 6.88. The molecule has 8 heteroatoms. The van der Waals surface area contributed by atoms with Crippen molar-refractivity contribution in [3.05, 3.63) is 59.7 Å². The van der Waals surface area contributed by atoms with E-state index in [2.05, 4.69) is 42.4 Å². The maximum atomic E-state index is 13.3. The van der Waals surface area contributed by atoms with Gasteiger partial charge in [-0.25, -0.2) is 4.79 Å². The molecule has 1 fully saturated rings. The topological polar surface area (TPSA) is 87.7 Å². The molecule has 1 heterocycles. The Kier molecular flexibility index (Phi) is 7.35. The Balaban J connectivity index is 1.76. The summed E-state index contributed by atoms with van der Waals surface area (Å²) in [6, 6.07) is 14.2. The number of ketones is 1. The van der Waals surface area contributed by atoms with Gasteiger partial charge in [0.2, 0.25) is 5.91 Å². The zero-order chi connectivity index (χ0) is 23.3. The molecule has 1 saturated heterocycles. The maximum Gasteiger partial charge on any atom is 0.317 e. The maximum absolute atomic E-state index is 13.3. The van der Waals surface area contributed by atoms with Crippen molar-refractivity contribution in [3.63, 3.8) is 0 Å². The summed E-state index contributed by atoms with van der Waals surface area (Å²) in [6.45, 7) is 7.74. The lowest BCUT2D eigenvalue weighted by Gasteiger charge is -2.21. The van der Waals surface area contributed by atoms with Crippen LogP contribution in [-0.4, -0.2) is 57.4 Å². The smallest absolute Gasteiger partial charge is 0.317 e. The van der Waals surface area contributed by atoms with Gasteiger partial charge in [-0.3, -0.25) is 9.59 Å². The molecule has 2 aromatic rings. The molecule has 0 saturated carbocycles. The van der Waals surface area contributed by atoms with Crippen molar-refractivity contribution in [2.45, 2.75) is 32.1 Å². The summed E-state index contributed by atoms with van der Waals surface area (Å²) in [5.74, 6) is 0.183. The summed E-state index contributed by atoms with van der Waals surface area (Å²) in [7, 11) is 0.158. The van der Waals surface area contributed by atoms with Crippen molar-refractivity contribution in [2.24, 2.45) is 0 Å². The van der Waals surface area contributed by atoms with Gasteiger partial charge >= 0.3 is 6.03 Å². The number of Topliss-reactive ketones (excluding diaryl/α,β-unsaturated/α-hetero) is 1. The molecule has 1 aliphatic heterocycles. The molecule has 2 aromatic carbocycles. The number of ether oxygens (including phenoxy) is 1. The second-order valence-corrected chi connectivity index (χ2v) is 14.1. The van der Waals surface area contributed by atoms with Crippen molar-refractivity contribution in [2.75, 3.05) is 26.7 Å². The Hall–Kier alpha value is -3.13. The van der Waals surface area contributed by atoms with Crippen molar-refractivity contribution in [1.82, 2.24) is 15.5 Å². The summed E-state index contributed by atoms with van der Waals surface area (Å²) < 4.78 is 5.21. The molecule has 0 aromatic heterocycles. The third kappa shape index (κ3) is 5.97. The van der Waals surface area contributed by atoms with Crippen molar-refractivity contribution in [1.29, 1.82) is 0 Å². The van der Waals surface area contributed by atoms with Crippen LogP contribution in [0.5, 0.6) is 5.75 Å². The lowest BCUT2D eigenvalue weighted by Crippen LogP contribution is -2.42. The third-order valence-corrected chi connectivity index (χ3v) is 7.62. The zero-order valence-electron chi connectivity index (χ0n) is 19.1. The number of hydrogen-bond donors (Lipinski definition) is 2. The molecule has 1 unspecified atom stereocenters. The van der Waals surface area contributed by atoms with Crippen LogP contribution in [0.4, 0.5) is 4.79 Å². The number of carbonyl (C=O) groups excluding carboxylic acids is 3. The highest BCUT2D eigenvalue weighted by Crippen LogP contribution is 2.20. The Morgan fingerprint density at radius 2 is 1.75 bits per heavy atom. The van der Waals surface area contributed by atoms with E-state index in [1.165, 1.54) is 10.1 Å². The first-order valence-corrected chi connectivity index (χ1v) is 14.3. The zero-order valence-corrected chi connectivity index (χ0v) is 20.1. The van der Waals surface area contributed by atoms with Crippen molar-refractivity contribution in [3.8, 4) is 5.75 Å². The number of hydrogen-bond acceptors (Lipinski definition) is 4. The fourth-order valence-corrected chi connectivity index (χ4v) is 4.78. The van der Waals surface area contributed by atoms with Gasteiger partial charge in [0, 0.05) is 19.5 Å². The summed E-state index contributed by atoms with van der Waals surface area (Å²) in [6.07, 6.45) is 0.202. The first-order valence-electron chi connectivity index (χ1n) is 10.8. The minimum atomic E-state index is -1.42. The molecule has 1 atom stereocenters. The second-order valence-electron chi connectivity index (χ2n) is 9.02. The molecule has 0 bridgehead atoms. The van der Waals surface area contributed by atoms with Crippen LogP contribution >= 0.6 is 0 Å². The van der Waals surface area contributed by atoms with Crippen LogP contribution in [0.1, 0.15) is 17.2 Å². The van der Waals surface area contributed by atoms with Gasteiger partial charge in [0.15, 0.2) is 5.78 Å². The van der Waals surface area contributed by atoms with Gasteiger partial charge in [-0.05, 0) is 23.3 Å². The van der Waals surface area contributed by atoms with Gasteiger partial charge < -0.3 is 20.3 Å². The van der Waals surface area contributed by atoms with Gasteiger partial charge in [-0.15, -0.1) is 0 Å². The summed E-state index contributed by atoms with van der Waals surface area (Å²) in [5, 5.41) is 6.83. The van der Waals surface area contributed by atoms with Crippen LogP contribution in [0.15, 0.2) is 48.5 Å². The number of nitrogens with one attached hydrogen (secondary N) is 2. The number of carbonyl (C=O) groups is 3. The van der Waals surface area contributed by atoms with Gasteiger partial charge in [0.1, 0.15) is 18.3 Å². The SMILES string of the molecule is COc1ccc(C(NC(=O)CN2CCNC2=O)C(=O)Cc2ccc([Si](C)(C)C)cc2)cc1. The normalized spacial score (nSPS) is 14.6. The van der Waals surface area contributed by atoms with Crippen LogP contribution in [0.25, 0.3) is 0 Å². The van der Waals surface area contributed by atoms with Crippen LogP contribution in [0, 0.1) is 0 Å². The van der Waals surface area contributed by atoms with E-state index in [9.17, 15) is 14.4 Å². The highest BCUT2D eigenvalue weighted by Gasteiger charge is 2.27. The fraction of sp³-hybridized carbons (Fsp3) is 0.375. The quantitative estimate of drug-likeness (QED) is 0.570. The lowest BCUT2D eigenvalue weighted by atomic mass is 9.97. The lowest BCUT2D eigenvalue weighted by molar-refractivity contribution is -0.128. The number of nitrogens with zero attached hydrogens (tertiary/aromatic N) is 1. The molecule has 0 aliphatic carbocycles. The standard InChI is InChI=1S/C24H31N3O4Si/c1-31-19-9-7-18(8-10-19)23(26-22(29)16-27-14-13-25-24(27)30)21(28)15-17-5-11-20(12-6-17)32(2,3)4/h5-12,23H,13-16H2,1-4H3,(H,25,30)(H,26,29). The van der Waals surface area contributed by atoms with Crippen LogP contribution in [-0.2, 0) is 16.0 Å². The molecular formula is C24H31N3O4Si. The summed E-state index contributed by atoms with van der Waals surface area (Å²) >= 11 is 0. The summed E-state index contributed by atoms with van der Waals surface area (Å²) in [5.41, 5.74) is 1.58. The van der Waals surface area contributed by atoms with E-state index in [1.54, 1.807) is 31.4 Å². The third-order valence-electron chi connectivity index (χ3n) is 5.55. The van der Waals surface area contributed by atoms with Gasteiger partial charge in [-0.1, -0.05) is 61.2 Å². The number of methoxy groups -OCH3 is 1. The molecule has 0 radical (unpaired) electrons. The second kappa shape index (κ2) is 9.99. The molecule has 1 aliphatic rings. The molecule has 7 nitrogen and oxygen atoms in total. The Morgan fingerprint density at radius 1 is 1.09 bits per heavy atom. The van der Waals surface area contributed by atoms with E-state index in [4.69, 9.17) is 4.74 Å². The van der Waals surface area contributed by atoms with Crippen LogP contribution in [0.2, 0.25) is 19.6 Å². The summed E-state index contributed by atoms with van der Waals surface area (Å²) in [4.78, 5) is 39.1. The molecule has 2 N–H and O–H groups in total.